The Balaban J connectivity index is 2.97. The normalized spacial score (nSPS) is 9.94. The molecule has 88 valence electrons. The minimum atomic E-state index is -0.466. The minimum Gasteiger partial charge on any atom is -0.493 e. The van der Waals surface area contributed by atoms with Crippen LogP contribution in [0.2, 0.25) is 5.02 Å². The Labute approximate surface area is 98.1 Å². The zero-order valence-corrected chi connectivity index (χ0v) is 9.59. The van der Waals surface area contributed by atoms with Gasteiger partial charge in [-0.25, -0.2) is 0 Å². The fourth-order valence-electron chi connectivity index (χ4n) is 1.21. The number of rotatable bonds is 6. The van der Waals surface area contributed by atoms with Gasteiger partial charge in [-0.1, -0.05) is 11.6 Å². The third-order valence-corrected chi connectivity index (χ3v) is 2.14. The molecule has 16 heavy (non-hydrogen) atoms. The van der Waals surface area contributed by atoms with Gasteiger partial charge < -0.3 is 9.47 Å². The number of methoxy groups -OCH3 is 1. The Morgan fingerprint density at radius 3 is 2.81 bits per heavy atom. The second-order valence-electron chi connectivity index (χ2n) is 3.04. The first kappa shape index (κ1) is 12.8. The molecular formula is C11H12ClFO3. The summed E-state index contributed by atoms with van der Waals surface area (Å²) >= 11 is 5.79. The molecule has 1 aromatic rings. The summed E-state index contributed by atoms with van der Waals surface area (Å²) in [6.07, 6.45) is 0.892. The van der Waals surface area contributed by atoms with E-state index in [2.05, 4.69) is 0 Å². The lowest BCUT2D eigenvalue weighted by molar-refractivity contribution is 0.111. The number of hydrogen-bond acceptors (Lipinski definition) is 3. The first-order valence-electron chi connectivity index (χ1n) is 4.74. The maximum atomic E-state index is 11.9. The molecular weight excluding hydrogens is 235 g/mol. The number of carbonyl (C=O) groups is 1. The predicted molar refractivity (Wildman–Crippen MR) is 59.5 cm³/mol. The molecule has 1 rings (SSSR count). The molecule has 5 heteroatoms. The van der Waals surface area contributed by atoms with Crippen molar-refractivity contribution >= 4 is 17.9 Å². The zero-order valence-electron chi connectivity index (χ0n) is 8.83. The van der Waals surface area contributed by atoms with Crippen molar-refractivity contribution in [2.24, 2.45) is 0 Å². The van der Waals surface area contributed by atoms with Gasteiger partial charge in [-0.15, -0.1) is 0 Å². The lowest BCUT2D eigenvalue weighted by atomic mass is 10.2. The van der Waals surface area contributed by atoms with E-state index in [0.29, 0.717) is 28.4 Å². The second-order valence-corrected chi connectivity index (χ2v) is 3.47. The molecule has 0 amide bonds. The van der Waals surface area contributed by atoms with Crippen LogP contribution in [0.3, 0.4) is 0 Å². The van der Waals surface area contributed by atoms with Crippen molar-refractivity contribution in [3.05, 3.63) is 22.7 Å². The van der Waals surface area contributed by atoms with E-state index in [1.807, 2.05) is 0 Å². The number of halogens is 2. The van der Waals surface area contributed by atoms with Crippen molar-refractivity contribution in [1.82, 2.24) is 0 Å². The molecule has 0 unspecified atom stereocenters. The molecule has 0 spiro atoms. The Morgan fingerprint density at radius 1 is 1.50 bits per heavy atom. The van der Waals surface area contributed by atoms with Crippen LogP contribution in [0.1, 0.15) is 16.8 Å². The molecule has 0 radical (unpaired) electrons. The number of aldehydes is 1. The lowest BCUT2D eigenvalue weighted by Gasteiger charge is -2.12. The van der Waals surface area contributed by atoms with Crippen LogP contribution in [0, 0.1) is 0 Å². The summed E-state index contributed by atoms with van der Waals surface area (Å²) in [5, 5.41) is 0.386. The summed E-state index contributed by atoms with van der Waals surface area (Å²) in [6, 6.07) is 3.02. The molecule has 3 nitrogen and oxygen atoms in total. The SMILES string of the molecule is COc1cc(Cl)cc(C=O)c1OCCCF. The van der Waals surface area contributed by atoms with Gasteiger partial charge in [0.05, 0.1) is 26.0 Å². The molecule has 0 bridgehead atoms. The van der Waals surface area contributed by atoms with Crippen LogP contribution in [-0.4, -0.2) is 26.7 Å². The van der Waals surface area contributed by atoms with Crippen LogP contribution in [0.5, 0.6) is 11.5 Å². The van der Waals surface area contributed by atoms with Crippen LogP contribution in [0.4, 0.5) is 4.39 Å². The smallest absolute Gasteiger partial charge is 0.171 e. The van der Waals surface area contributed by atoms with E-state index in [9.17, 15) is 9.18 Å². The average Bonchev–Trinajstić information content (AvgIpc) is 2.30. The van der Waals surface area contributed by atoms with Gasteiger partial charge >= 0.3 is 0 Å². The van der Waals surface area contributed by atoms with Crippen LogP contribution < -0.4 is 9.47 Å². The Hall–Kier alpha value is -1.29. The summed E-state index contributed by atoms with van der Waals surface area (Å²) in [5.41, 5.74) is 0.295. The summed E-state index contributed by atoms with van der Waals surface area (Å²) in [5.74, 6) is 0.670. The van der Waals surface area contributed by atoms with Gasteiger partial charge in [-0.05, 0) is 6.07 Å². The zero-order chi connectivity index (χ0) is 12.0. The van der Waals surface area contributed by atoms with Crippen LogP contribution in [0.25, 0.3) is 0 Å². The highest BCUT2D eigenvalue weighted by Gasteiger charge is 2.12. The highest BCUT2D eigenvalue weighted by atomic mass is 35.5. The van der Waals surface area contributed by atoms with Gasteiger partial charge in [0.2, 0.25) is 0 Å². The highest BCUT2D eigenvalue weighted by Crippen LogP contribution is 2.33. The van der Waals surface area contributed by atoms with Crippen molar-refractivity contribution in [1.29, 1.82) is 0 Å². The fraction of sp³-hybridized carbons (Fsp3) is 0.364. The van der Waals surface area contributed by atoms with Gasteiger partial charge in [-0.3, -0.25) is 9.18 Å². The largest absolute Gasteiger partial charge is 0.493 e. The molecule has 0 aliphatic carbocycles. The standard InChI is InChI=1S/C11H12ClFO3/c1-15-10-6-9(12)5-8(7-14)11(10)16-4-2-3-13/h5-7H,2-4H2,1H3. The monoisotopic (exact) mass is 246 g/mol. The second kappa shape index (κ2) is 6.33. The molecule has 0 N–H and O–H groups in total. The molecule has 0 fully saturated rings. The van der Waals surface area contributed by atoms with Crippen molar-refractivity contribution < 1.29 is 18.7 Å². The Kier molecular flexibility index (Phi) is 5.05. The van der Waals surface area contributed by atoms with Crippen LogP contribution in [0.15, 0.2) is 12.1 Å². The van der Waals surface area contributed by atoms with Gasteiger partial charge in [0, 0.05) is 17.5 Å². The van der Waals surface area contributed by atoms with Gasteiger partial charge in [0.25, 0.3) is 0 Å². The highest BCUT2D eigenvalue weighted by molar-refractivity contribution is 6.31. The third kappa shape index (κ3) is 3.10. The molecule has 0 aliphatic rings. The number of alkyl halides is 1. The summed E-state index contributed by atoms with van der Waals surface area (Å²) in [4.78, 5) is 10.8. The molecule has 0 saturated heterocycles. The Morgan fingerprint density at radius 2 is 2.25 bits per heavy atom. The average molecular weight is 247 g/mol. The van der Waals surface area contributed by atoms with Crippen molar-refractivity contribution in [2.75, 3.05) is 20.4 Å². The minimum absolute atomic E-state index is 0.190. The third-order valence-electron chi connectivity index (χ3n) is 1.92. The van der Waals surface area contributed by atoms with Gasteiger partial charge in [-0.2, -0.15) is 0 Å². The molecule has 0 heterocycles. The molecule has 0 atom stereocenters. The topological polar surface area (TPSA) is 35.5 Å². The van der Waals surface area contributed by atoms with E-state index in [-0.39, 0.29) is 13.0 Å². The van der Waals surface area contributed by atoms with E-state index < -0.39 is 6.67 Å². The summed E-state index contributed by atoms with van der Waals surface area (Å²) < 4.78 is 22.3. The molecule has 0 saturated carbocycles. The maximum absolute atomic E-state index is 11.9. The van der Waals surface area contributed by atoms with Gasteiger partial charge in [0.15, 0.2) is 17.8 Å². The first-order valence-corrected chi connectivity index (χ1v) is 5.12. The van der Waals surface area contributed by atoms with Crippen LogP contribution in [-0.2, 0) is 0 Å². The Bertz CT molecular complexity index is 368. The van der Waals surface area contributed by atoms with E-state index >= 15 is 0 Å². The fourth-order valence-corrected chi connectivity index (χ4v) is 1.43. The molecule has 1 aromatic carbocycles. The number of ether oxygens (including phenoxy) is 2. The lowest BCUT2D eigenvalue weighted by Crippen LogP contribution is -2.03. The number of carbonyl (C=O) groups excluding carboxylic acids is 1. The summed E-state index contributed by atoms with van der Waals surface area (Å²) in [6.45, 7) is -0.276. The van der Waals surface area contributed by atoms with Crippen molar-refractivity contribution in [3.63, 3.8) is 0 Å². The first-order chi connectivity index (χ1) is 7.72. The van der Waals surface area contributed by atoms with Gasteiger partial charge in [0.1, 0.15) is 0 Å². The number of hydrogen-bond donors (Lipinski definition) is 0. The van der Waals surface area contributed by atoms with E-state index in [1.165, 1.54) is 13.2 Å². The quantitative estimate of drug-likeness (QED) is 0.572. The number of benzene rings is 1. The molecule has 0 aromatic heterocycles. The van der Waals surface area contributed by atoms with E-state index in [0.717, 1.165) is 0 Å². The van der Waals surface area contributed by atoms with E-state index in [4.69, 9.17) is 21.1 Å². The van der Waals surface area contributed by atoms with Crippen molar-refractivity contribution in [3.8, 4) is 11.5 Å². The predicted octanol–water partition coefficient (Wildman–Crippen LogP) is 2.90. The van der Waals surface area contributed by atoms with E-state index in [1.54, 1.807) is 6.07 Å². The maximum Gasteiger partial charge on any atom is 0.171 e. The summed E-state index contributed by atoms with van der Waals surface area (Å²) in [7, 11) is 1.45. The van der Waals surface area contributed by atoms with Crippen molar-refractivity contribution in [2.45, 2.75) is 6.42 Å². The molecule has 0 aliphatic heterocycles. The van der Waals surface area contributed by atoms with Crippen LogP contribution >= 0.6 is 11.6 Å².